The third kappa shape index (κ3) is 2.65. The van der Waals surface area contributed by atoms with Crippen LogP contribution in [0.3, 0.4) is 0 Å². The topological polar surface area (TPSA) is 16.1 Å². The second kappa shape index (κ2) is 5.40. The molecule has 0 aliphatic carbocycles. The number of benzene rings is 1. The average Bonchev–Trinajstić information content (AvgIpc) is 2.38. The summed E-state index contributed by atoms with van der Waals surface area (Å²) in [6.07, 6.45) is 1.82. The average molecular weight is 261 g/mol. The Morgan fingerprint density at radius 2 is 1.94 bits per heavy atom. The monoisotopic (exact) mass is 260 g/mol. The summed E-state index contributed by atoms with van der Waals surface area (Å²) in [6.45, 7) is 4.22. The molecule has 0 aliphatic heterocycles. The lowest BCUT2D eigenvalue weighted by molar-refractivity contribution is 1.10. The minimum atomic E-state index is 0.501. The van der Waals surface area contributed by atoms with E-state index in [1.54, 1.807) is 0 Å². The Morgan fingerprint density at radius 3 is 2.50 bits per heavy atom. The van der Waals surface area contributed by atoms with Crippen molar-refractivity contribution < 1.29 is 0 Å². The van der Waals surface area contributed by atoms with E-state index in [0.717, 1.165) is 11.4 Å². The summed E-state index contributed by atoms with van der Waals surface area (Å²) in [7, 11) is 2.03. The largest absolute Gasteiger partial charge is 0.329 e. The molecule has 2 aromatic rings. The number of aromatic nitrogens is 1. The van der Waals surface area contributed by atoms with Gasteiger partial charge in [-0.2, -0.15) is 0 Å². The van der Waals surface area contributed by atoms with Gasteiger partial charge in [-0.05, 0) is 37.1 Å². The number of halogens is 1. The highest BCUT2D eigenvalue weighted by Crippen LogP contribution is 2.26. The fourth-order valence-electron chi connectivity index (χ4n) is 2.00. The molecule has 0 aliphatic rings. The third-order valence-electron chi connectivity index (χ3n) is 3.02. The first-order chi connectivity index (χ1) is 8.61. The standard InChI is InChI=1S/C15H17ClN2/c1-11-4-6-14(12(2)8-11)18(3)15-7-5-13(9-16)10-17-15/h4-8,10H,9H2,1-3H3. The number of hydrogen-bond donors (Lipinski definition) is 0. The molecule has 0 spiro atoms. The molecular weight excluding hydrogens is 244 g/mol. The van der Waals surface area contributed by atoms with Gasteiger partial charge in [0.25, 0.3) is 0 Å². The maximum absolute atomic E-state index is 5.76. The van der Waals surface area contributed by atoms with Crippen molar-refractivity contribution in [1.29, 1.82) is 0 Å². The molecular formula is C15H17ClN2. The van der Waals surface area contributed by atoms with Gasteiger partial charge in [-0.1, -0.05) is 23.8 Å². The Labute approximate surface area is 113 Å². The minimum Gasteiger partial charge on any atom is -0.329 e. The van der Waals surface area contributed by atoms with Crippen molar-refractivity contribution in [3.63, 3.8) is 0 Å². The Hall–Kier alpha value is -1.54. The zero-order valence-corrected chi connectivity index (χ0v) is 11.7. The van der Waals surface area contributed by atoms with Crippen LogP contribution in [0.1, 0.15) is 16.7 Å². The number of pyridine rings is 1. The van der Waals surface area contributed by atoms with Gasteiger partial charge in [-0.25, -0.2) is 4.98 Å². The van der Waals surface area contributed by atoms with E-state index < -0.39 is 0 Å². The molecule has 0 saturated carbocycles. The van der Waals surface area contributed by atoms with Gasteiger partial charge in [0.05, 0.1) is 0 Å². The SMILES string of the molecule is Cc1ccc(N(C)c2ccc(CCl)cn2)c(C)c1. The maximum atomic E-state index is 5.76. The van der Waals surface area contributed by atoms with Crippen LogP contribution in [0.15, 0.2) is 36.5 Å². The predicted molar refractivity (Wildman–Crippen MR) is 77.8 cm³/mol. The first-order valence-electron chi connectivity index (χ1n) is 5.93. The van der Waals surface area contributed by atoms with Crippen molar-refractivity contribution >= 4 is 23.1 Å². The number of rotatable bonds is 3. The molecule has 0 radical (unpaired) electrons. The smallest absolute Gasteiger partial charge is 0.132 e. The van der Waals surface area contributed by atoms with E-state index in [4.69, 9.17) is 11.6 Å². The molecule has 0 bridgehead atoms. The summed E-state index contributed by atoms with van der Waals surface area (Å²) in [5, 5.41) is 0. The molecule has 0 saturated heterocycles. The quantitative estimate of drug-likeness (QED) is 0.769. The van der Waals surface area contributed by atoms with Crippen LogP contribution in [-0.4, -0.2) is 12.0 Å². The summed E-state index contributed by atoms with van der Waals surface area (Å²) in [4.78, 5) is 6.52. The van der Waals surface area contributed by atoms with Crippen LogP contribution in [-0.2, 0) is 5.88 Å². The summed E-state index contributed by atoms with van der Waals surface area (Å²) in [5.41, 5.74) is 4.73. The third-order valence-corrected chi connectivity index (χ3v) is 3.33. The van der Waals surface area contributed by atoms with E-state index >= 15 is 0 Å². The lowest BCUT2D eigenvalue weighted by Gasteiger charge is -2.21. The van der Waals surface area contributed by atoms with Gasteiger partial charge in [0, 0.05) is 24.8 Å². The Balaban J connectivity index is 2.31. The summed E-state index contributed by atoms with van der Waals surface area (Å²) in [5.74, 6) is 1.43. The Kier molecular flexibility index (Phi) is 3.87. The Morgan fingerprint density at radius 1 is 1.17 bits per heavy atom. The van der Waals surface area contributed by atoms with Crippen molar-refractivity contribution in [1.82, 2.24) is 4.98 Å². The van der Waals surface area contributed by atoms with Gasteiger partial charge >= 0.3 is 0 Å². The van der Waals surface area contributed by atoms with Crippen LogP contribution in [0.25, 0.3) is 0 Å². The van der Waals surface area contributed by atoms with Crippen LogP contribution < -0.4 is 4.90 Å². The van der Waals surface area contributed by atoms with E-state index in [9.17, 15) is 0 Å². The zero-order chi connectivity index (χ0) is 13.1. The number of alkyl halides is 1. The van der Waals surface area contributed by atoms with E-state index in [1.807, 2.05) is 25.4 Å². The van der Waals surface area contributed by atoms with Gasteiger partial charge in [-0.3, -0.25) is 0 Å². The molecule has 0 N–H and O–H groups in total. The number of hydrogen-bond acceptors (Lipinski definition) is 2. The molecule has 0 fully saturated rings. The van der Waals surface area contributed by atoms with Gasteiger partial charge < -0.3 is 4.90 Å². The number of aryl methyl sites for hydroxylation is 2. The molecule has 2 nitrogen and oxygen atoms in total. The van der Waals surface area contributed by atoms with E-state index in [0.29, 0.717) is 5.88 Å². The van der Waals surface area contributed by atoms with Crippen molar-refractivity contribution in [2.75, 3.05) is 11.9 Å². The first-order valence-corrected chi connectivity index (χ1v) is 6.47. The molecule has 1 aromatic heterocycles. The highest BCUT2D eigenvalue weighted by molar-refractivity contribution is 6.17. The minimum absolute atomic E-state index is 0.501. The fourth-order valence-corrected chi connectivity index (χ4v) is 2.16. The molecule has 3 heteroatoms. The van der Waals surface area contributed by atoms with Gasteiger partial charge in [0.15, 0.2) is 0 Å². The van der Waals surface area contributed by atoms with Gasteiger partial charge in [-0.15, -0.1) is 11.6 Å². The second-order valence-corrected chi connectivity index (χ2v) is 4.77. The molecule has 2 rings (SSSR count). The van der Waals surface area contributed by atoms with Crippen molar-refractivity contribution in [3.8, 4) is 0 Å². The van der Waals surface area contributed by atoms with Gasteiger partial charge in [0.1, 0.15) is 5.82 Å². The molecule has 1 aromatic carbocycles. The zero-order valence-electron chi connectivity index (χ0n) is 10.9. The van der Waals surface area contributed by atoms with E-state index in [2.05, 4.69) is 41.9 Å². The highest BCUT2D eigenvalue weighted by atomic mass is 35.5. The Bertz CT molecular complexity index is 535. The summed E-state index contributed by atoms with van der Waals surface area (Å²) in [6, 6.07) is 10.4. The highest BCUT2D eigenvalue weighted by Gasteiger charge is 2.08. The molecule has 94 valence electrons. The summed E-state index contributed by atoms with van der Waals surface area (Å²) >= 11 is 5.76. The van der Waals surface area contributed by atoms with Crippen LogP contribution in [0.2, 0.25) is 0 Å². The van der Waals surface area contributed by atoms with Gasteiger partial charge in [0.2, 0.25) is 0 Å². The van der Waals surface area contributed by atoms with Crippen LogP contribution >= 0.6 is 11.6 Å². The molecule has 0 atom stereocenters. The van der Waals surface area contributed by atoms with E-state index in [1.165, 1.54) is 16.8 Å². The lowest BCUT2D eigenvalue weighted by atomic mass is 10.1. The molecule has 1 heterocycles. The van der Waals surface area contributed by atoms with Crippen LogP contribution in [0.5, 0.6) is 0 Å². The van der Waals surface area contributed by atoms with Crippen LogP contribution in [0.4, 0.5) is 11.5 Å². The predicted octanol–water partition coefficient (Wildman–Crippen LogP) is 4.21. The number of anilines is 2. The van der Waals surface area contributed by atoms with E-state index in [-0.39, 0.29) is 0 Å². The fraction of sp³-hybridized carbons (Fsp3) is 0.267. The second-order valence-electron chi connectivity index (χ2n) is 4.51. The molecule has 18 heavy (non-hydrogen) atoms. The number of nitrogens with zero attached hydrogens (tertiary/aromatic N) is 2. The maximum Gasteiger partial charge on any atom is 0.132 e. The van der Waals surface area contributed by atoms with Crippen LogP contribution in [0, 0.1) is 13.8 Å². The lowest BCUT2D eigenvalue weighted by Crippen LogP contribution is -2.12. The molecule has 0 amide bonds. The normalized spacial score (nSPS) is 10.4. The first kappa shape index (κ1) is 12.9. The van der Waals surface area contributed by atoms with Crippen molar-refractivity contribution in [2.45, 2.75) is 19.7 Å². The molecule has 0 unspecified atom stereocenters. The van der Waals surface area contributed by atoms with Crippen molar-refractivity contribution in [2.24, 2.45) is 0 Å². The summed E-state index contributed by atoms with van der Waals surface area (Å²) < 4.78 is 0. The van der Waals surface area contributed by atoms with Crippen molar-refractivity contribution in [3.05, 3.63) is 53.2 Å².